The fourth-order valence-electron chi connectivity index (χ4n) is 9.19. The minimum absolute atomic E-state index is 0. The van der Waals surface area contributed by atoms with Crippen LogP contribution in [-0.4, -0.2) is 138 Å². The van der Waals surface area contributed by atoms with Gasteiger partial charge in [0, 0.05) is 52.2 Å². The molecule has 4 saturated heterocycles. The number of hydrogen-bond acceptors (Lipinski definition) is 12. The summed E-state index contributed by atoms with van der Waals surface area (Å²) in [7, 11) is -3.31. The fourth-order valence-corrected chi connectivity index (χ4v) is 13.1. The molecule has 4 heterocycles. The van der Waals surface area contributed by atoms with Gasteiger partial charge in [-0.2, -0.15) is 0 Å². The van der Waals surface area contributed by atoms with Crippen LogP contribution in [0.2, 0.25) is 0 Å². The molecule has 2 atom stereocenters. The van der Waals surface area contributed by atoms with Crippen molar-refractivity contribution in [2.45, 2.75) is 118 Å². The van der Waals surface area contributed by atoms with Gasteiger partial charge in [-0.1, -0.05) is 45.5 Å². The van der Waals surface area contributed by atoms with E-state index in [1.807, 2.05) is 59.9 Å². The maximum Gasteiger partial charge on any atom is 0.265 e. The van der Waals surface area contributed by atoms with Crippen LogP contribution in [0.3, 0.4) is 0 Å². The van der Waals surface area contributed by atoms with Crippen LogP contribution in [0.15, 0.2) is 58.3 Å². The summed E-state index contributed by atoms with van der Waals surface area (Å²) in [5, 5.41) is 0. The van der Waals surface area contributed by atoms with Crippen LogP contribution in [0, 0.1) is 11.8 Å². The monoisotopic (exact) mass is 933 g/mol. The zero-order valence-electron chi connectivity index (χ0n) is 37.6. The molecular formula is C46H71N5O11S2. The van der Waals surface area contributed by atoms with Crippen molar-refractivity contribution in [2.24, 2.45) is 11.8 Å². The van der Waals surface area contributed by atoms with Gasteiger partial charge >= 0.3 is 0 Å². The Balaban J connectivity index is 0.000000276. The van der Waals surface area contributed by atoms with Gasteiger partial charge in [0.1, 0.15) is 0 Å². The van der Waals surface area contributed by atoms with E-state index in [0.29, 0.717) is 37.8 Å². The van der Waals surface area contributed by atoms with Crippen molar-refractivity contribution in [1.29, 1.82) is 0 Å². The first-order valence-corrected chi connectivity index (χ1v) is 25.2. The Labute approximate surface area is 380 Å². The first kappa shape index (κ1) is 52.7. The van der Waals surface area contributed by atoms with E-state index >= 15 is 0 Å². The molecule has 0 saturated carbocycles. The molecule has 4 fully saturated rings. The number of hydrogen-bond donors (Lipinski definition) is 2. The summed E-state index contributed by atoms with van der Waals surface area (Å²) in [6.45, 7) is 8.48. The van der Waals surface area contributed by atoms with E-state index in [9.17, 15) is 36.0 Å². The molecule has 2 N–H and O–H groups in total. The van der Waals surface area contributed by atoms with Crippen LogP contribution in [0.5, 0.6) is 0 Å². The Bertz CT molecular complexity index is 2090. The second-order valence-electron chi connectivity index (χ2n) is 17.2. The van der Waals surface area contributed by atoms with Gasteiger partial charge in [0.05, 0.1) is 24.0 Å². The SMILES string of the molecule is C.CCC(=O)N1CCC(CCc2ccc(S(=O)(=O)C3(C(=O)NOC)CCN(C)CC3)cc2)C1.CCC(=O)N1CCC(CCc2ccc(S(=O)(=O)C3(C(=O)NOC)CCOCC3)cc2)C1. The number of piperidine rings is 1. The summed E-state index contributed by atoms with van der Waals surface area (Å²) in [6.07, 6.45) is 7.30. The Morgan fingerprint density at radius 1 is 0.641 bits per heavy atom. The Morgan fingerprint density at radius 2 is 1.02 bits per heavy atom. The lowest BCUT2D eigenvalue weighted by Crippen LogP contribution is -2.57. The lowest BCUT2D eigenvalue weighted by Gasteiger charge is -2.38. The molecule has 0 aliphatic carbocycles. The van der Waals surface area contributed by atoms with Crippen molar-refractivity contribution in [3.05, 3.63) is 59.7 Å². The van der Waals surface area contributed by atoms with Crippen LogP contribution in [0.25, 0.3) is 0 Å². The minimum atomic E-state index is -3.93. The summed E-state index contributed by atoms with van der Waals surface area (Å²) >= 11 is 0. The standard InChI is InChI=1S/C23H35N3O5S.C22H32N2O6S.CH4/c1-4-21(27)26-14-11-19(17-26)6-5-18-7-9-20(10-8-18)32(29,30)23(22(28)24-31-3)12-15-25(2)16-13-23;1-3-20(25)24-13-10-18(16-24)5-4-17-6-8-19(9-7-17)31(27,28)22(21(26)23-29-2)11-14-30-15-12-22;/h7-10,19H,4-6,11-17H2,1-3H3,(H,24,28);6-9,18H,3-5,10-16H2,1-2H3,(H,23,26);1H4. The molecule has 6 rings (SSSR count). The normalized spacial score (nSPS) is 21.0. The highest BCUT2D eigenvalue weighted by Crippen LogP contribution is 2.37. The highest BCUT2D eigenvalue weighted by Gasteiger charge is 2.54. The average Bonchev–Trinajstić information content (AvgIpc) is 3.99. The highest BCUT2D eigenvalue weighted by atomic mass is 32.2. The third-order valence-electron chi connectivity index (χ3n) is 13.4. The Hall–Kier alpha value is -3.94. The van der Waals surface area contributed by atoms with E-state index in [1.54, 1.807) is 24.3 Å². The van der Waals surface area contributed by atoms with E-state index in [0.717, 1.165) is 75.8 Å². The van der Waals surface area contributed by atoms with Crippen molar-refractivity contribution < 1.29 is 50.4 Å². The molecule has 0 radical (unpaired) electrons. The van der Waals surface area contributed by atoms with Crippen LogP contribution in [-0.2, 0) is 66.1 Å². The maximum atomic E-state index is 13.6. The van der Waals surface area contributed by atoms with Crippen LogP contribution >= 0.6 is 0 Å². The fraction of sp³-hybridized carbons (Fsp3) is 0.652. The highest BCUT2D eigenvalue weighted by molar-refractivity contribution is 7.94. The summed E-state index contributed by atoms with van der Waals surface area (Å²) in [5.74, 6) is 0.106. The first-order chi connectivity index (χ1) is 30.1. The number of amides is 4. The van der Waals surface area contributed by atoms with Gasteiger partial charge in [-0.25, -0.2) is 27.8 Å². The molecule has 18 heteroatoms. The molecule has 16 nitrogen and oxygen atoms in total. The summed E-state index contributed by atoms with van der Waals surface area (Å²) in [6, 6.07) is 13.7. The lowest BCUT2D eigenvalue weighted by molar-refractivity contribution is -0.136. The third kappa shape index (κ3) is 11.9. The molecule has 4 aliphatic rings. The molecule has 4 amide bonds. The minimum Gasteiger partial charge on any atom is -0.381 e. The Kier molecular flexibility index (Phi) is 19.3. The molecule has 64 heavy (non-hydrogen) atoms. The van der Waals surface area contributed by atoms with Crippen molar-refractivity contribution in [2.75, 3.05) is 73.7 Å². The summed E-state index contributed by atoms with van der Waals surface area (Å²) < 4.78 is 56.2. The van der Waals surface area contributed by atoms with Crippen molar-refractivity contribution in [1.82, 2.24) is 25.7 Å². The number of carbonyl (C=O) groups is 4. The molecular weight excluding hydrogens is 863 g/mol. The molecule has 4 aliphatic heterocycles. The van der Waals surface area contributed by atoms with Gasteiger partial charge in [0.15, 0.2) is 29.2 Å². The van der Waals surface area contributed by atoms with Crippen LogP contribution < -0.4 is 11.0 Å². The average molecular weight is 934 g/mol. The molecule has 0 aromatic heterocycles. The number of benzene rings is 2. The Morgan fingerprint density at radius 3 is 1.38 bits per heavy atom. The molecule has 2 unspecified atom stereocenters. The van der Waals surface area contributed by atoms with Gasteiger partial charge in [-0.05, 0) is 132 Å². The van der Waals surface area contributed by atoms with E-state index in [4.69, 9.17) is 14.4 Å². The zero-order chi connectivity index (χ0) is 45.8. The van der Waals surface area contributed by atoms with Crippen molar-refractivity contribution in [3.8, 4) is 0 Å². The van der Waals surface area contributed by atoms with Crippen LogP contribution in [0.4, 0.5) is 0 Å². The van der Waals surface area contributed by atoms with Gasteiger partial charge < -0.3 is 19.4 Å². The number of carbonyl (C=O) groups excluding carboxylic acids is 4. The lowest BCUT2D eigenvalue weighted by atomic mass is 9.95. The number of aryl methyl sites for hydroxylation is 2. The molecule has 358 valence electrons. The van der Waals surface area contributed by atoms with Crippen LogP contribution in [0.1, 0.15) is 96.6 Å². The number of rotatable bonds is 16. The molecule has 0 bridgehead atoms. The number of nitrogens with zero attached hydrogens (tertiary/aromatic N) is 3. The van der Waals surface area contributed by atoms with E-state index < -0.39 is 41.0 Å². The predicted molar refractivity (Wildman–Crippen MR) is 243 cm³/mol. The maximum absolute atomic E-state index is 13.6. The summed E-state index contributed by atoms with van der Waals surface area (Å²) in [5.41, 5.74) is 6.57. The number of hydroxylamine groups is 2. The van der Waals surface area contributed by atoms with Gasteiger partial charge in [-0.3, -0.25) is 28.9 Å². The van der Waals surface area contributed by atoms with Gasteiger partial charge in [-0.15, -0.1) is 0 Å². The smallest absolute Gasteiger partial charge is 0.265 e. The van der Waals surface area contributed by atoms with Gasteiger partial charge in [0.2, 0.25) is 11.8 Å². The second-order valence-corrected chi connectivity index (χ2v) is 21.8. The molecule has 0 spiro atoms. The quantitative estimate of drug-likeness (QED) is 0.227. The van der Waals surface area contributed by atoms with E-state index in [2.05, 4.69) is 11.0 Å². The summed E-state index contributed by atoms with van der Waals surface area (Å²) in [4.78, 5) is 64.8. The number of likely N-dealkylation sites (tertiary alicyclic amines) is 3. The molecule has 2 aromatic carbocycles. The topological polar surface area (TPSA) is 198 Å². The predicted octanol–water partition coefficient (Wildman–Crippen LogP) is 4.31. The number of nitrogens with one attached hydrogen (secondary N) is 2. The third-order valence-corrected chi connectivity index (χ3v) is 18.4. The van der Waals surface area contributed by atoms with E-state index in [1.165, 1.54) is 14.2 Å². The first-order valence-electron chi connectivity index (χ1n) is 22.2. The number of ether oxygens (including phenoxy) is 1. The number of sulfone groups is 2. The van der Waals surface area contributed by atoms with E-state index in [-0.39, 0.29) is 67.9 Å². The van der Waals surface area contributed by atoms with Crippen molar-refractivity contribution >= 4 is 43.3 Å². The molecule has 2 aromatic rings. The van der Waals surface area contributed by atoms with Gasteiger partial charge in [0.25, 0.3) is 11.8 Å². The zero-order valence-corrected chi connectivity index (χ0v) is 39.2. The second kappa shape index (κ2) is 23.5. The van der Waals surface area contributed by atoms with Crippen molar-refractivity contribution in [3.63, 3.8) is 0 Å². The largest absolute Gasteiger partial charge is 0.381 e.